The fourth-order valence-corrected chi connectivity index (χ4v) is 4.18. The highest BCUT2D eigenvalue weighted by molar-refractivity contribution is 5.79. The molecular formula is C23H26N4O3. The Hall–Kier alpha value is -3.19. The maximum atomic E-state index is 12.5. The number of benzene rings is 2. The van der Waals surface area contributed by atoms with Crippen LogP contribution in [0.4, 0.5) is 0 Å². The second kappa shape index (κ2) is 8.67. The SMILES string of the molecule is CC(c1ccccc1)N1CCC(NC(=O)CCn2c(=O)[nH]c(=O)c3ccccc32)C1. The van der Waals surface area contributed by atoms with Gasteiger partial charge >= 0.3 is 5.69 Å². The van der Waals surface area contributed by atoms with E-state index in [4.69, 9.17) is 0 Å². The van der Waals surface area contributed by atoms with Crippen LogP contribution < -0.4 is 16.6 Å². The molecule has 0 bridgehead atoms. The second-order valence-electron chi connectivity index (χ2n) is 7.81. The molecule has 2 N–H and O–H groups in total. The molecule has 1 aliphatic heterocycles. The number of nitrogens with zero attached hydrogens (tertiary/aromatic N) is 2. The monoisotopic (exact) mass is 406 g/mol. The molecule has 2 aromatic carbocycles. The molecule has 1 aliphatic rings. The zero-order valence-electron chi connectivity index (χ0n) is 17.0. The Morgan fingerprint density at radius 1 is 1.13 bits per heavy atom. The summed E-state index contributed by atoms with van der Waals surface area (Å²) in [5.41, 5.74) is 0.918. The van der Waals surface area contributed by atoms with Gasteiger partial charge in [0.1, 0.15) is 0 Å². The lowest BCUT2D eigenvalue weighted by atomic mass is 10.1. The third-order valence-corrected chi connectivity index (χ3v) is 5.88. The summed E-state index contributed by atoms with van der Waals surface area (Å²) in [6.45, 7) is 4.15. The Labute approximate surface area is 174 Å². The van der Waals surface area contributed by atoms with Crippen molar-refractivity contribution in [2.75, 3.05) is 13.1 Å². The molecule has 1 amide bonds. The van der Waals surface area contributed by atoms with Crippen molar-refractivity contribution in [2.24, 2.45) is 0 Å². The predicted molar refractivity (Wildman–Crippen MR) is 116 cm³/mol. The Morgan fingerprint density at radius 3 is 2.67 bits per heavy atom. The number of nitrogens with one attached hydrogen (secondary N) is 2. The quantitative estimate of drug-likeness (QED) is 0.656. The summed E-state index contributed by atoms with van der Waals surface area (Å²) in [6.07, 6.45) is 1.09. The zero-order valence-corrected chi connectivity index (χ0v) is 17.0. The molecule has 7 nitrogen and oxygen atoms in total. The normalized spacial score (nSPS) is 17.8. The minimum atomic E-state index is -0.491. The first-order valence-electron chi connectivity index (χ1n) is 10.3. The highest BCUT2D eigenvalue weighted by Gasteiger charge is 2.27. The van der Waals surface area contributed by atoms with Crippen LogP contribution in [0.5, 0.6) is 0 Å². The maximum absolute atomic E-state index is 12.5. The van der Waals surface area contributed by atoms with Gasteiger partial charge in [-0.25, -0.2) is 4.79 Å². The predicted octanol–water partition coefficient (Wildman–Crippen LogP) is 2.03. The molecule has 1 saturated heterocycles. The number of aryl methyl sites for hydroxylation is 1. The van der Waals surface area contributed by atoms with Crippen molar-refractivity contribution in [3.8, 4) is 0 Å². The summed E-state index contributed by atoms with van der Waals surface area (Å²) in [5, 5.41) is 3.54. The molecule has 3 aromatic rings. The number of likely N-dealkylation sites (tertiary alicyclic amines) is 1. The minimum Gasteiger partial charge on any atom is -0.352 e. The number of amides is 1. The van der Waals surface area contributed by atoms with E-state index >= 15 is 0 Å². The first-order chi connectivity index (χ1) is 14.5. The largest absolute Gasteiger partial charge is 0.352 e. The summed E-state index contributed by atoms with van der Waals surface area (Å²) in [5.74, 6) is -0.0867. The van der Waals surface area contributed by atoms with Crippen LogP contribution in [0.1, 0.15) is 31.4 Å². The summed E-state index contributed by atoms with van der Waals surface area (Å²) in [4.78, 5) is 41.4. The van der Waals surface area contributed by atoms with Crippen LogP contribution in [0.15, 0.2) is 64.2 Å². The van der Waals surface area contributed by atoms with E-state index in [-0.39, 0.29) is 24.9 Å². The van der Waals surface area contributed by atoms with Gasteiger partial charge in [-0.1, -0.05) is 42.5 Å². The van der Waals surface area contributed by atoms with Gasteiger partial charge in [-0.3, -0.25) is 24.0 Å². The van der Waals surface area contributed by atoms with Gasteiger partial charge in [0.25, 0.3) is 5.56 Å². The van der Waals surface area contributed by atoms with Crippen molar-refractivity contribution < 1.29 is 4.79 Å². The van der Waals surface area contributed by atoms with Gasteiger partial charge in [-0.2, -0.15) is 0 Å². The number of aromatic amines is 1. The van der Waals surface area contributed by atoms with Gasteiger partial charge in [-0.15, -0.1) is 0 Å². The highest BCUT2D eigenvalue weighted by atomic mass is 16.2. The smallest absolute Gasteiger partial charge is 0.328 e. The van der Waals surface area contributed by atoms with Crippen molar-refractivity contribution in [3.63, 3.8) is 0 Å². The third kappa shape index (κ3) is 4.21. The van der Waals surface area contributed by atoms with Gasteiger partial charge in [0.15, 0.2) is 0 Å². The minimum absolute atomic E-state index is 0.0867. The Balaban J connectivity index is 1.36. The first-order valence-corrected chi connectivity index (χ1v) is 10.3. The number of carbonyl (C=O) groups excluding carboxylic acids is 1. The van der Waals surface area contributed by atoms with E-state index in [1.165, 1.54) is 10.1 Å². The van der Waals surface area contributed by atoms with Gasteiger partial charge < -0.3 is 5.32 Å². The maximum Gasteiger partial charge on any atom is 0.328 e. The Bertz CT molecular complexity index is 1150. The van der Waals surface area contributed by atoms with Gasteiger partial charge in [0.05, 0.1) is 10.9 Å². The van der Waals surface area contributed by atoms with Crippen LogP contribution >= 0.6 is 0 Å². The van der Waals surface area contributed by atoms with Crippen LogP contribution in [0, 0.1) is 0 Å². The number of rotatable bonds is 6. The standard InChI is InChI=1S/C23H26N4O3/c1-16(17-7-3-2-4-8-17)26-13-11-18(15-26)24-21(28)12-14-27-20-10-6-5-9-19(20)22(29)25-23(27)30/h2-10,16,18H,11-15H2,1H3,(H,24,28)(H,25,29,30). The molecule has 7 heteroatoms. The van der Waals surface area contributed by atoms with E-state index in [9.17, 15) is 14.4 Å². The fourth-order valence-electron chi connectivity index (χ4n) is 4.18. The van der Waals surface area contributed by atoms with Crippen LogP contribution in [0.25, 0.3) is 10.9 Å². The van der Waals surface area contributed by atoms with Crippen LogP contribution in [-0.2, 0) is 11.3 Å². The Morgan fingerprint density at radius 2 is 1.87 bits per heavy atom. The fraction of sp³-hybridized carbons (Fsp3) is 0.348. The molecule has 1 fully saturated rings. The van der Waals surface area contributed by atoms with Crippen molar-refractivity contribution in [3.05, 3.63) is 81.0 Å². The second-order valence-corrected chi connectivity index (χ2v) is 7.81. The third-order valence-electron chi connectivity index (χ3n) is 5.88. The van der Waals surface area contributed by atoms with Gasteiger partial charge in [-0.05, 0) is 31.0 Å². The van der Waals surface area contributed by atoms with E-state index in [0.717, 1.165) is 19.5 Å². The lowest BCUT2D eigenvalue weighted by Crippen LogP contribution is -2.38. The molecule has 0 radical (unpaired) electrons. The molecule has 2 unspecified atom stereocenters. The number of hydrogen-bond acceptors (Lipinski definition) is 4. The molecule has 1 aromatic heterocycles. The topological polar surface area (TPSA) is 87.2 Å². The molecule has 4 rings (SSSR count). The van der Waals surface area contributed by atoms with Crippen LogP contribution in [-0.4, -0.2) is 39.5 Å². The van der Waals surface area contributed by atoms with E-state index in [0.29, 0.717) is 16.9 Å². The molecule has 0 spiro atoms. The number of aromatic nitrogens is 2. The number of hydrogen-bond donors (Lipinski definition) is 2. The molecule has 30 heavy (non-hydrogen) atoms. The molecule has 156 valence electrons. The first kappa shape index (κ1) is 20.1. The summed E-state index contributed by atoms with van der Waals surface area (Å²) in [7, 11) is 0. The van der Waals surface area contributed by atoms with E-state index in [1.54, 1.807) is 24.3 Å². The molecule has 2 atom stereocenters. The van der Waals surface area contributed by atoms with E-state index in [1.807, 2.05) is 18.2 Å². The molecule has 0 saturated carbocycles. The lowest BCUT2D eigenvalue weighted by Gasteiger charge is -2.24. The van der Waals surface area contributed by atoms with Crippen LogP contribution in [0.3, 0.4) is 0 Å². The number of fused-ring (bicyclic) bond motifs is 1. The van der Waals surface area contributed by atoms with Crippen molar-refractivity contribution in [1.82, 2.24) is 19.8 Å². The summed E-state index contributed by atoms with van der Waals surface area (Å²) < 4.78 is 1.45. The molecular weight excluding hydrogens is 380 g/mol. The molecule has 2 heterocycles. The zero-order chi connectivity index (χ0) is 21.1. The van der Waals surface area contributed by atoms with Gasteiger partial charge in [0.2, 0.25) is 5.91 Å². The lowest BCUT2D eigenvalue weighted by molar-refractivity contribution is -0.121. The average molecular weight is 406 g/mol. The van der Waals surface area contributed by atoms with Crippen LogP contribution in [0.2, 0.25) is 0 Å². The van der Waals surface area contributed by atoms with Crippen molar-refractivity contribution in [1.29, 1.82) is 0 Å². The number of carbonyl (C=O) groups is 1. The average Bonchev–Trinajstić information content (AvgIpc) is 3.22. The van der Waals surface area contributed by atoms with Gasteiger partial charge in [0, 0.05) is 38.1 Å². The number of para-hydroxylation sites is 1. The molecule has 0 aliphatic carbocycles. The van der Waals surface area contributed by atoms with Crippen molar-refractivity contribution >= 4 is 16.8 Å². The van der Waals surface area contributed by atoms with E-state index < -0.39 is 11.2 Å². The summed E-state index contributed by atoms with van der Waals surface area (Å²) in [6, 6.07) is 17.7. The van der Waals surface area contributed by atoms with E-state index in [2.05, 4.69) is 34.3 Å². The highest BCUT2D eigenvalue weighted by Crippen LogP contribution is 2.24. The summed E-state index contributed by atoms with van der Waals surface area (Å²) >= 11 is 0. The Kier molecular flexibility index (Phi) is 5.81. The van der Waals surface area contributed by atoms with Crippen molar-refractivity contribution in [2.45, 2.75) is 38.4 Å². The number of H-pyrrole nitrogens is 1.